The Balaban J connectivity index is 1.34. The molecule has 1 aromatic carbocycles. The van der Waals surface area contributed by atoms with Crippen LogP contribution >= 0.6 is 0 Å². The van der Waals surface area contributed by atoms with E-state index in [1.807, 2.05) is 18.2 Å². The molecule has 6 rings (SSSR count). The van der Waals surface area contributed by atoms with Crippen LogP contribution in [0.1, 0.15) is 48.1 Å². The Morgan fingerprint density at radius 2 is 2.03 bits per heavy atom. The summed E-state index contributed by atoms with van der Waals surface area (Å²) in [5.74, 6) is 3.76. The van der Waals surface area contributed by atoms with Crippen molar-refractivity contribution in [1.82, 2.24) is 19.9 Å². The fourth-order valence-corrected chi connectivity index (χ4v) is 5.04. The van der Waals surface area contributed by atoms with Gasteiger partial charge in [0.15, 0.2) is 0 Å². The number of fused-ring (bicyclic) bond motifs is 1. The van der Waals surface area contributed by atoms with Crippen LogP contribution < -0.4 is 16.2 Å². The van der Waals surface area contributed by atoms with E-state index in [9.17, 15) is 4.79 Å². The first kappa shape index (κ1) is 23.0. The molecule has 0 radical (unpaired) electrons. The zero-order valence-electron chi connectivity index (χ0n) is 20.5. The summed E-state index contributed by atoms with van der Waals surface area (Å²) in [5.41, 5.74) is 6.11. The highest BCUT2D eigenvalue weighted by molar-refractivity contribution is 5.78. The monoisotopic (exact) mass is 489 g/mol. The van der Waals surface area contributed by atoms with Crippen molar-refractivity contribution in [3.63, 3.8) is 0 Å². The number of terminal acetylenes is 1. The maximum atomic E-state index is 13.3. The van der Waals surface area contributed by atoms with Crippen molar-refractivity contribution >= 4 is 33.8 Å². The zero-order chi connectivity index (χ0) is 25.2. The number of nitrogens with one attached hydrogen (secondary N) is 2. The summed E-state index contributed by atoms with van der Waals surface area (Å²) in [6.07, 6.45) is 17.6. The van der Waals surface area contributed by atoms with Gasteiger partial charge in [-0.15, -0.1) is 6.42 Å². The molecule has 7 heteroatoms. The Bertz CT molecular complexity index is 1630. The molecule has 1 aliphatic heterocycles. The standard InChI is InChI=1S/C30H27N5O2/c1-2-20-17-25-18-32-30(33-26-9-7-21(8-10-26)22-11-14-31-15-12-22)34-28(25)35(29(20)36)19-24-13-16-37-27(24)23-5-3-4-6-23/h1,5,7-11,13,16-18,31H,3-4,6,12,14-15,19H2,(H,32,33,34). The Morgan fingerprint density at radius 3 is 2.78 bits per heavy atom. The van der Waals surface area contributed by atoms with Crippen molar-refractivity contribution < 1.29 is 4.42 Å². The van der Waals surface area contributed by atoms with Crippen LogP contribution in [0.15, 0.2) is 70.2 Å². The lowest BCUT2D eigenvalue weighted by Gasteiger charge is -2.15. The summed E-state index contributed by atoms with van der Waals surface area (Å²) in [6, 6.07) is 11.8. The highest BCUT2D eigenvalue weighted by Gasteiger charge is 2.18. The molecule has 0 spiro atoms. The van der Waals surface area contributed by atoms with Crippen LogP contribution in [0.25, 0.3) is 22.2 Å². The number of hydrogen-bond donors (Lipinski definition) is 2. The third-order valence-electron chi connectivity index (χ3n) is 6.97. The van der Waals surface area contributed by atoms with Crippen molar-refractivity contribution in [2.75, 3.05) is 18.4 Å². The van der Waals surface area contributed by atoms with Crippen LogP contribution in [0.2, 0.25) is 0 Å². The third kappa shape index (κ3) is 4.59. The number of pyridine rings is 1. The van der Waals surface area contributed by atoms with Crippen molar-refractivity contribution in [3.05, 3.63) is 93.8 Å². The molecule has 37 heavy (non-hydrogen) atoms. The Hall–Kier alpha value is -4.41. The minimum atomic E-state index is -0.258. The summed E-state index contributed by atoms with van der Waals surface area (Å²) in [6.45, 7) is 2.21. The van der Waals surface area contributed by atoms with Crippen LogP contribution in [0.4, 0.5) is 11.6 Å². The Kier molecular flexibility index (Phi) is 6.17. The summed E-state index contributed by atoms with van der Waals surface area (Å²) < 4.78 is 7.43. The largest absolute Gasteiger partial charge is 0.464 e. The van der Waals surface area contributed by atoms with E-state index in [4.69, 9.17) is 15.8 Å². The van der Waals surface area contributed by atoms with Gasteiger partial charge in [-0.25, -0.2) is 4.98 Å². The molecule has 0 atom stereocenters. The van der Waals surface area contributed by atoms with Gasteiger partial charge >= 0.3 is 0 Å². The smallest absolute Gasteiger partial charge is 0.268 e. The summed E-state index contributed by atoms with van der Waals surface area (Å²) in [7, 11) is 0. The van der Waals surface area contributed by atoms with Gasteiger partial charge < -0.3 is 15.1 Å². The summed E-state index contributed by atoms with van der Waals surface area (Å²) >= 11 is 0. The van der Waals surface area contributed by atoms with Gasteiger partial charge in [-0.3, -0.25) is 9.36 Å². The number of nitrogens with zero attached hydrogens (tertiary/aromatic N) is 3. The van der Waals surface area contributed by atoms with Crippen LogP contribution in [0.5, 0.6) is 0 Å². The molecule has 184 valence electrons. The second-order valence-corrected chi connectivity index (χ2v) is 9.35. The first-order chi connectivity index (χ1) is 18.2. The minimum absolute atomic E-state index is 0.258. The van der Waals surface area contributed by atoms with Crippen molar-refractivity contribution in [2.45, 2.75) is 32.2 Å². The maximum absolute atomic E-state index is 13.3. The Morgan fingerprint density at radius 1 is 1.14 bits per heavy atom. The number of benzene rings is 1. The molecule has 0 amide bonds. The van der Waals surface area contributed by atoms with Crippen molar-refractivity contribution in [1.29, 1.82) is 0 Å². The van der Waals surface area contributed by atoms with E-state index in [0.29, 0.717) is 23.5 Å². The van der Waals surface area contributed by atoms with Crippen molar-refractivity contribution in [2.24, 2.45) is 0 Å². The Labute approximate surface area is 215 Å². The highest BCUT2D eigenvalue weighted by Crippen LogP contribution is 2.31. The average Bonchev–Trinajstić information content (AvgIpc) is 3.63. The second kappa shape index (κ2) is 9.92. The quantitative estimate of drug-likeness (QED) is 0.367. The highest BCUT2D eigenvalue weighted by atomic mass is 16.3. The number of allylic oxidation sites excluding steroid dienone is 2. The van der Waals surface area contributed by atoms with Crippen LogP contribution in [0.3, 0.4) is 0 Å². The normalized spacial score (nSPS) is 15.3. The lowest BCUT2D eigenvalue weighted by molar-refractivity contribution is 0.545. The molecule has 0 saturated carbocycles. The number of hydrogen-bond acceptors (Lipinski definition) is 6. The number of aromatic nitrogens is 3. The van der Waals surface area contributed by atoms with E-state index in [1.165, 1.54) is 16.7 Å². The molecular weight excluding hydrogens is 462 g/mol. The topological polar surface area (TPSA) is 85.0 Å². The molecule has 2 aliphatic rings. The molecule has 0 unspecified atom stereocenters. The predicted molar refractivity (Wildman–Crippen MR) is 147 cm³/mol. The third-order valence-corrected chi connectivity index (χ3v) is 6.97. The first-order valence-electron chi connectivity index (χ1n) is 12.6. The van der Waals surface area contributed by atoms with Crippen molar-refractivity contribution in [3.8, 4) is 12.3 Å². The van der Waals surface area contributed by atoms with Gasteiger partial charge in [-0.1, -0.05) is 30.2 Å². The fraction of sp³-hybridized carbons (Fsp3) is 0.233. The van der Waals surface area contributed by atoms with E-state index >= 15 is 0 Å². The molecular formula is C30H27N5O2. The predicted octanol–water partition coefficient (Wildman–Crippen LogP) is 5.10. The molecule has 7 nitrogen and oxygen atoms in total. The van der Waals surface area contributed by atoms with E-state index in [1.54, 1.807) is 23.1 Å². The summed E-state index contributed by atoms with van der Waals surface area (Å²) in [5, 5.41) is 7.33. The average molecular weight is 490 g/mol. The SMILES string of the molecule is C#Cc1cc2cnc(Nc3ccc(C4=CCNCC4)cc3)nc2n(Cc2ccoc2C2=CCCC2)c1=O. The number of furan rings is 1. The van der Waals surface area contributed by atoms with E-state index in [2.05, 4.69) is 45.8 Å². The number of anilines is 2. The molecule has 4 aromatic rings. The second-order valence-electron chi connectivity index (χ2n) is 9.35. The molecule has 0 fully saturated rings. The first-order valence-corrected chi connectivity index (χ1v) is 12.6. The molecule has 2 N–H and O–H groups in total. The molecule has 1 aliphatic carbocycles. The number of rotatable bonds is 6. The van der Waals surface area contributed by atoms with Gasteiger partial charge in [0.05, 0.1) is 18.4 Å². The van der Waals surface area contributed by atoms with Crippen LogP contribution in [-0.4, -0.2) is 27.6 Å². The van der Waals surface area contributed by atoms with E-state index in [0.717, 1.165) is 55.8 Å². The van der Waals surface area contributed by atoms with Gasteiger partial charge in [0.2, 0.25) is 5.95 Å². The zero-order valence-corrected chi connectivity index (χ0v) is 20.5. The van der Waals surface area contributed by atoms with Gasteiger partial charge in [0.1, 0.15) is 11.4 Å². The van der Waals surface area contributed by atoms with Crippen LogP contribution in [0, 0.1) is 12.3 Å². The molecule has 0 bridgehead atoms. The van der Waals surface area contributed by atoms with Gasteiger partial charge in [0, 0.05) is 29.4 Å². The van der Waals surface area contributed by atoms with E-state index < -0.39 is 0 Å². The molecule has 3 aromatic heterocycles. The minimum Gasteiger partial charge on any atom is -0.464 e. The lowest BCUT2D eigenvalue weighted by atomic mass is 10.0. The summed E-state index contributed by atoms with van der Waals surface area (Å²) in [4.78, 5) is 22.5. The van der Waals surface area contributed by atoms with Gasteiger partial charge in [-0.05, 0) is 73.2 Å². The fourth-order valence-electron chi connectivity index (χ4n) is 5.04. The van der Waals surface area contributed by atoms with Gasteiger partial charge in [0.25, 0.3) is 5.56 Å². The molecule has 4 heterocycles. The van der Waals surface area contributed by atoms with Crippen LogP contribution in [-0.2, 0) is 6.54 Å². The van der Waals surface area contributed by atoms with E-state index in [-0.39, 0.29) is 11.1 Å². The van der Waals surface area contributed by atoms with Gasteiger partial charge in [-0.2, -0.15) is 4.98 Å². The lowest BCUT2D eigenvalue weighted by Crippen LogP contribution is -2.24. The molecule has 0 saturated heterocycles. The maximum Gasteiger partial charge on any atom is 0.268 e.